The van der Waals surface area contributed by atoms with Crippen LogP contribution in [0.3, 0.4) is 0 Å². The summed E-state index contributed by atoms with van der Waals surface area (Å²) in [4.78, 5) is 23.3. The predicted molar refractivity (Wildman–Crippen MR) is 81.2 cm³/mol. The number of hydrogen-bond donors (Lipinski definition) is 1. The lowest BCUT2D eigenvalue weighted by Crippen LogP contribution is -2.31. The van der Waals surface area contributed by atoms with E-state index < -0.39 is 0 Å². The van der Waals surface area contributed by atoms with Crippen LogP contribution < -0.4 is 5.32 Å². The minimum atomic E-state index is -0.352. The molecule has 0 radical (unpaired) electrons. The lowest BCUT2D eigenvalue weighted by Gasteiger charge is -2.16. The van der Waals surface area contributed by atoms with Crippen LogP contribution in [0, 0.1) is 11.8 Å². The Labute approximate surface area is 133 Å². The average Bonchev–Trinajstić information content (AvgIpc) is 3.13. The number of halogens is 2. The van der Waals surface area contributed by atoms with Crippen molar-refractivity contribution in [2.45, 2.75) is 26.3 Å². The Bertz CT molecular complexity index is 562. The summed E-state index contributed by atoms with van der Waals surface area (Å²) in [5.41, 5.74) is 0.761. The molecule has 1 aliphatic rings. The maximum absolute atomic E-state index is 11.8. The summed E-state index contributed by atoms with van der Waals surface area (Å²) in [5.74, 6) is -0.321. The van der Waals surface area contributed by atoms with Crippen molar-refractivity contribution < 1.29 is 14.3 Å². The Hall–Kier alpha value is -1.26. The number of esters is 1. The van der Waals surface area contributed by atoms with Gasteiger partial charge in [-0.2, -0.15) is 0 Å². The van der Waals surface area contributed by atoms with Crippen molar-refractivity contribution in [3.05, 3.63) is 33.8 Å². The van der Waals surface area contributed by atoms with Crippen molar-refractivity contribution in [2.24, 2.45) is 11.8 Å². The van der Waals surface area contributed by atoms with Crippen LogP contribution in [0.25, 0.3) is 0 Å². The molecule has 1 aromatic carbocycles. The number of amides is 1. The third-order valence-electron chi connectivity index (χ3n) is 3.56. The molecular formula is C15H17Cl2NO3. The van der Waals surface area contributed by atoms with Crippen LogP contribution in [0.15, 0.2) is 18.2 Å². The molecule has 0 saturated heterocycles. The first kappa shape index (κ1) is 16.1. The van der Waals surface area contributed by atoms with Gasteiger partial charge in [0.15, 0.2) is 6.61 Å². The summed E-state index contributed by atoms with van der Waals surface area (Å²) in [7, 11) is 0. The van der Waals surface area contributed by atoms with Gasteiger partial charge in [0.2, 0.25) is 0 Å². The normalized spacial score (nSPS) is 21.5. The molecule has 1 aromatic rings. The van der Waals surface area contributed by atoms with Gasteiger partial charge in [0.25, 0.3) is 5.91 Å². The van der Waals surface area contributed by atoms with E-state index in [4.69, 9.17) is 27.9 Å². The summed E-state index contributed by atoms with van der Waals surface area (Å²) in [6.07, 6.45) is 0.844. The maximum atomic E-state index is 11.8. The molecule has 0 spiro atoms. The minimum absolute atomic E-state index is 0.0408. The van der Waals surface area contributed by atoms with Crippen LogP contribution in [0.1, 0.15) is 31.9 Å². The molecule has 114 valence electrons. The average molecular weight is 330 g/mol. The smallest absolute Gasteiger partial charge is 0.309 e. The van der Waals surface area contributed by atoms with E-state index in [1.807, 2.05) is 6.92 Å². The van der Waals surface area contributed by atoms with E-state index in [0.717, 1.165) is 12.0 Å². The highest BCUT2D eigenvalue weighted by Gasteiger charge is 2.40. The summed E-state index contributed by atoms with van der Waals surface area (Å²) in [6, 6.07) is 4.80. The molecular weight excluding hydrogens is 313 g/mol. The van der Waals surface area contributed by atoms with Crippen LogP contribution in [-0.2, 0) is 14.3 Å². The van der Waals surface area contributed by atoms with Crippen molar-refractivity contribution in [1.82, 2.24) is 5.32 Å². The molecule has 0 heterocycles. The second-order valence-corrected chi connectivity index (χ2v) is 6.23. The number of rotatable bonds is 5. The summed E-state index contributed by atoms with van der Waals surface area (Å²) < 4.78 is 4.98. The maximum Gasteiger partial charge on any atom is 0.309 e. The van der Waals surface area contributed by atoms with Gasteiger partial charge in [-0.25, -0.2) is 0 Å². The zero-order valence-corrected chi connectivity index (χ0v) is 13.4. The van der Waals surface area contributed by atoms with Gasteiger partial charge in [-0.1, -0.05) is 36.2 Å². The Kier molecular flexibility index (Phi) is 5.12. The Morgan fingerprint density at radius 1 is 1.43 bits per heavy atom. The van der Waals surface area contributed by atoms with Crippen molar-refractivity contribution in [3.8, 4) is 0 Å². The fourth-order valence-electron chi connectivity index (χ4n) is 2.11. The molecule has 3 atom stereocenters. The molecule has 1 N–H and O–H groups in total. The van der Waals surface area contributed by atoms with E-state index in [9.17, 15) is 9.59 Å². The van der Waals surface area contributed by atoms with E-state index in [1.165, 1.54) is 0 Å². The largest absolute Gasteiger partial charge is 0.455 e. The summed E-state index contributed by atoms with van der Waals surface area (Å²) in [6.45, 7) is 3.52. The van der Waals surface area contributed by atoms with Gasteiger partial charge in [0, 0.05) is 10.0 Å². The zero-order chi connectivity index (χ0) is 15.6. The van der Waals surface area contributed by atoms with Crippen LogP contribution >= 0.6 is 23.2 Å². The molecule has 4 nitrogen and oxygen atoms in total. The molecule has 0 unspecified atom stereocenters. The number of carbonyl (C=O) groups is 2. The summed E-state index contributed by atoms with van der Waals surface area (Å²) >= 11 is 11.9. The van der Waals surface area contributed by atoms with Gasteiger partial charge in [0.1, 0.15) is 0 Å². The molecule has 1 amide bonds. The lowest BCUT2D eigenvalue weighted by molar-refractivity contribution is -0.150. The molecule has 0 aliphatic heterocycles. The topological polar surface area (TPSA) is 55.4 Å². The van der Waals surface area contributed by atoms with Gasteiger partial charge in [0.05, 0.1) is 12.0 Å². The van der Waals surface area contributed by atoms with Gasteiger partial charge < -0.3 is 10.1 Å². The molecule has 6 heteroatoms. The fraction of sp³-hybridized carbons (Fsp3) is 0.467. The second kappa shape index (κ2) is 6.67. The lowest BCUT2D eigenvalue weighted by atomic mass is 10.1. The number of ether oxygens (including phenoxy) is 1. The third kappa shape index (κ3) is 4.35. The first-order chi connectivity index (χ1) is 9.88. The minimum Gasteiger partial charge on any atom is -0.455 e. The first-order valence-corrected chi connectivity index (χ1v) is 7.55. The highest BCUT2D eigenvalue weighted by Crippen LogP contribution is 2.38. The van der Waals surface area contributed by atoms with Gasteiger partial charge >= 0.3 is 5.97 Å². The van der Waals surface area contributed by atoms with Crippen molar-refractivity contribution in [2.75, 3.05) is 6.61 Å². The van der Waals surface area contributed by atoms with Crippen LogP contribution in [0.2, 0.25) is 10.0 Å². The Morgan fingerprint density at radius 2 is 2.10 bits per heavy atom. The standard InChI is InChI=1S/C15H17Cl2NO3/c1-8-5-12(8)15(20)21-7-14(19)18-9(2)11-4-3-10(16)6-13(11)17/h3-4,6,8-9,12H,5,7H2,1-2H3,(H,18,19)/t8-,9+,12-/m1/s1. The molecule has 1 aliphatic carbocycles. The number of hydrogen-bond acceptors (Lipinski definition) is 3. The molecule has 21 heavy (non-hydrogen) atoms. The number of nitrogens with one attached hydrogen (secondary N) is 1. The first-order valence-electron chi connectivity index (χ1n) is 6.79. The van der Waals surface area contributed by atoms with Crippen LogP contribution in [-0.4, -0.2) is 18.5 Å². The second-order valence-electron chi connectivity index (χ2n) is 5.38. The highest BCUT2D eigenvalue weighted by molar-refractivity contribution is 6.35. The fourth-order valence-corrected chi connectivity index (χ4v) is 2.68. The van der Waals surface area contributed by atoms with E-state index in [1.54, 1.807) is 25.1 Å². The molecule has 2 rings (SSSR count). The van der Waals surface area contributed by atoms with Crippen LogP contribution in [0.5, 0.6) is 0 Å². The molecule has 0 bridgehead atoms. The predicted octanol–water partition coefficient (Wildman–Crippen LogP) is 3.37. The van der Waals surface area contributed by atoms with Crippen molar-refractivity contribution in [1.29, 1.82) is 0 Å². The zero-order valence-electron chi connectivity index (χ0n) is 11.9. The number of benzene rings is 1. The SMILES string of the molecule is C[C@H](NC(=O)COC(=O)[C@@H]1C[C@H]1C)c1ccc(Cl)cc1Cl. The van der Waals surface area contributed by atoms with E-state index >= 15 is 0 Å². The van der Waals surface area contributed by atoms with E-state index in [-0.39, 0.29) is 30.4 Å². The van der Waals surface area contributed by atoms with Crippen molar-refractivity contribution >= 4 is 35.1 Å². The Balaban J connectivity index is 1.82. The quantitative estimate of drug-likeness (QED) is 0.842. The van der Waals surface area contributed by atoms with Gasteiger partial charge in [-0.05, 0) is 37.0 Å². The monoisotopic (exact) mass is 329 g/mol. The van der Waals surface area contributed by atoms with Gasteiger partial charge in [-0.15, -0.1) is 0 Å². The Morgan fingerprint density at radius 3 is 2.67 bits per heavy atom. The molecule has 0 aromatic heterocycles. The highest BCUT2D eigenvalue weighted by atomic mass is 35.5. The van der Waals surface area contributed by atoms with Crippen LogP contribution in [0.4, 0.5) is 0 Å². The van der Waals surface area contributed by atoms with E-state index in [0.29, 0.717) is 16.0 Å². The van der Waals surface area contributed by atoms with Gasteiger partial charge in [-0.3, -0.25) is 9.59 Å². The molecule has 1 fully saturated rings. The number of carbonyl (C=O) groups excluding carboxylic acids is 2. The van der Waals surface area contributed by atoms with Crippen molar-refractivity contribution in [3.63, 3.8) is 0 Å². The molecule has 1 saturated carbocycles. The van der Waals surface area contributed by atoms with E-state index in [2.05, 4.69) is 5.32 Å². The summed E-state index contributed by atoms with van der Waals surface area (Å²) in [5, 5.41) is 3.76. The third-order valence-corrected chi connectivity index (χ3v) is 4.13.